The summed E-state index contributed by atoms with van der Waals surface area (Å²) in [5.74, 6) is -1.04. The quantitative estimate of drug-likeness (QED) is 0.697. The Balaban J connectivity index is 1.85. The van der Waals surface area contributed by atoms with Crippen molar-refractivity contribution in [1.82, 2.24) is 5.32 Å². The Morgan fingerprint density at radius 1 is 1.04 bits per heavy atom. The van der Waals surface area contributed by atoms with Crippen LogP contribution in [0.15, 0.2) is 77.0 Å². The van der Waals surface area contributed by atoms with Gasteiger partial charge < -0.3 is 5.32 Å². The number of halogens is 1. The van der Waals surface area contributed by atoms with Crippen molar-refractivity contribution in [2.45, 2.75) is 10.1 Å². The summed E-state index contributed by atoms with van der Waals surface area (Å²) in [7, 11) is -3.69. The van der Waals surface area contributed by atoms with Crippen LogP contribution in [0.25, 0.3) is 0 Å². The summed E-state index contributed by atoms with van der Waals surface area (Å²) in [6.07, 6.45) is 0. The molecule has 3 rings (SSSR count). The van der Waals surface area contributed by atoms with Crippen LogP contribution in [0, 0.1) is 5.82 Å². The molecule has 1 amide bonds. The minimum absolute atomic E-state index is 0.104. The minimum Gasteiger partial charge on any atom is -0.350 e. The van der Waals surface area contributed by atoms with E-state index >= 15 is 0 Å². The van der Waals surface area contributed by atoms with Gasteiger partial charge in [0.05, 0.1) is 4.90 Å². The Kier molecular flexibility index (Phi) is 5.49. The molecule has 0 bridgehead atoms. The molecule has 7 heteroatoms. The summed E-state index contributed by atoms with van der Waals surface area (Å²) in [6, 6.07) is 16.9. The van der Waals surface area contributed by atoms with Crippen molar-refractivity contribution in [2.75, 3.05) is 6.54 Å². The summed E-state index contributed by atoms with van der Waals surface area (Å²) < 4.78 is 39.3. The molecule has 0 spiro atoms. The van der Waals surface area contributed by atoms with Gasteiger partial charge in [-0.3, -0.25) is 4.79 Å². The lowest BCUT2D eigenvalue weighted by Gasteiger charge is -2.17. The molecule has 0 radical (unpaired) electrons. The van der Waals surface area contributed by atoms with Crippen molar-refractivity contribution in [2.24, 2.45) is 0 Å². The molecule has 26 heavy (non-hydrogen) atoms. The molecular weight excluding hydrogens is 373 g/mol. The molecule has 0 aliphatic rings. The molecule has 0 aliphatic carbocycles. The third-order valence-electron chi connectivity index (χ3n) is 3.84. The van der Waals surface area contributed by atoms with Crippen molar-refractivity contribution < 1.29 is 17.6 Å². The van der Waals surface area contributed by atoms with Crippen molar-refractivity contribution in [3.8, 4) is 0 Å². The minimum atomic E-state index is -3.69. The highest BCUT2D eigenvalue weighted by Gasteiger charge is 2.30. The monoisotopic (exact) mass is 389 g/mol. The largest absolute Gasteiger partial charge is 0.350 e. The van der Waals surface area contributed by atoms with E-state index in [9.17, 15) is 17.6 Å². The summed E-state index contributed by atoms with van der Waals surface area (Å²) in [5, 5.41) is 3.49. The van der Waals surface area contributed by atoms with Crippen molar-refractivity contribution >= 4 is 27.1 Å². The fourth-order valence-corrected chi connectivity index (χ4v) is 5.33. The van der Waals surface area contributed by atoms with Crippen LogP contribution in [-0.4, -0.2) is 20.9 Å². The number of nitrogens with one attached hydrogen (secondary N) is 1. The third-order valence-corrected chi connectivity index (χ3v) is 7.08. The zero-order valence-corrected chi connectivity index (χ0v) is 15.3. The molecule has 0 unspecified atom stereocenters. The van der Waals surface area contributed by atoms with Crippen molar-refractivity contribution in [1.29, 1.82) is 0 Å². The zero-order chi connectivity index (χ0) is 18.6. The van der Waals surface area contributed by atoms with E-state index in [0.29, 0.717) is 4.88 Å². The lowest BCUT2D eigenvalue weighted by Crippen LogP contribution is -2.31. The standard InChI is InChI=1S/C19H16FNO3S2/c20-15-7-4-6-14(12-15)19(22)21-13-18(17-10-5-11-25-17)26(23,24)16-8-2-1-3-9-16/h1-12,18H,13H2,(H,21,22)/t18-/m0/s1. The molecule has 0 saturated heterocycles. The number of hydrogen-bond donors (Lipinski definition) is 1. The first kappa shape index (κ1) is 18.3. The lowest BCUT2D eigenvalue weighted by molar-refractivity contribution is 0.0953. The van der Waals surface area contributed by atoms with Gasteiger partial charge in [0, 0.05) is 17.0 Å². The molecule has 0 fully saturated rings. The number of rotatable bonds is 6. The highest BCUT2D eigenvalue weighted by molar-refractivity contribution is 7.91. The summed E-state index contributed by atoms with van der Waals surface area (Å²) in [5.41, 5.74) is 0.145. The Hall–Kier alpha value is -2.51. The number of benzene rings is 2. The Morgan fingerprint density at radius 3 is 2.46 bits per heavy atom. The van der Waals surface area contributed by atoms with Gasteiger partial charge in [0.15, 0.2) is 9.84 Å². The summed E-state index contributed by atoms with van der Waals surface area (Å²) >= 11 is 1.31. The SMILES string of the molecule is O=C(NC[C@@H](c1cccs1)S(=O)(=O)c1ccccc1)c1cccc(F)c1. The van der Waals surface area contributed by atoms with Crippen LogP contribution in [0.3, 0.4) is 0 Å². The van der Waals surface area contributed by atoms with Gasteiger partial charge in [0.25, 0.3) is 5.91 Å². The second kappa shape index (κ2) is 7.80. The van der Waals surface area contributed by atoms with Gasteiger partial charge in [-0.1, -0.05) is 30.3 Å². The molecule has 1 aromatic heterocycles. The van der Waals surface area contributed by atoms with Crippen molar-refractivity contribution in [3.63, 3.8) is 0 Å². The molecule has 1 heterocycles. The maximum absolute atomic E-state index is 13.3. The van der Waals surface area contributed by atoms with E-state index in [1.165, 1.54) is 41.7 Å². The number of amides is 1. The molecule has 0 aliphatic heterocycles. The molecule has 0 saturated carbocycles. The van der Waals surface area contributed by atoms with Gasteiger partial charge in [-0.25, -0.2) is 12.8 Å². The fraction of sp³-hybridized carbons (Fsp3) is 0.105. The Labute approximate surface area is 155 Å². The first-order valence-electron chi connectivity index (χ1n) is 7.84. The van der Waals surface area contributed by atoms with E-state index in [4.69, 9.17) is 0 Å². The smallest absolute Gasteiger partial charge is 0.251 e. The highest BCUT2D eigenvalue weighted by Crippen LogP contribution is 2.31. The van der Waals surface area contributed by atoms with E-state index in [1.807, 2.05) is 0 Å². The van der Waals surface area contributed by atoms with E-state index < -0.39 is 26.8 Å². The molecule has 3 aromatic rings. The summed E-state index contributed by atoms with van der Waals surface area (Å²) in [6.45, 7) is -0.104. The second-order valence-corrected chi connectivity index (χ2v) is 8.69. The van der Waals surface area contributed by atoms with Crippen LogP contribution >= 0.6 is 11.3 Å². The van der Waals surface area contributed by atoms with E-state index in [2.05, 4.69) is 5.32 Å². The zero-order valence-electron chi connectivity index (χ0n) is 13.6. The first-order chi connectivity index (χ1) is 12.5. The molecule has 1 N–H and O–H groups in total. The van der Waals surface area contributed by atoms with Gasteiger partial charge in [0.2, 0.25) is 0 Å². The van der Waals surface area contributed by atoms with Gasteiger partial charge in [-0.2, -0.15) is 0 Å². The average molecular weight is 389 g/mol. The molecular formula is C19H16FNO3S2. The van der Waals surface area contributed by atoms with E-state index in [-0.39, 0.29) is 17.0 Å². The van der Waals surface area contributed by atoms with Crippen LogP contribution < -0.4 is 5.32 Å². The van der Waals surface area contributed by atoms with E-state index in [1.54, 1.807) is 35.7 Å². The maximum Gasteiger partial charge on any atom is 0.251 e. The predicted molar refractivity (Wildman–Crippen MR) is 99.4 cm³/mol. The average Bonchev–Trinajstić information content (AvgIpc) is 3.16. The van der Waals surface area contributed by atoms with Crippen LogP contribution in [0.1, 0.15) is 20.5 Å². The molecule has 2 aromatic carbocycles. The Bertz CT molecular complexity index is 987. The maximum atomic E-state index is 13.3. The van der Waals surface area contributed by atoms with Gasteiger partial charge in [0.1, 0.15) is 11.1 Å². The molecule has 134 valence electrons. The molecule has 4 nitrogen and oxygen atoms in total. The summed E-state index contributed by atoms with van der Waals surface area (Å²) in [4.78, 5) is 13.1. The topological polar surface area (TPSA) is 63.2 Å². The van der Waals surface area contributed by atoms with Crippen LogP contribution in [0.2, 0.25) is 0 Å². The van der Waals surface area contributed by atoms with Gasteiger partial charge in [-0.15, -0.1) is 11.3 Å². The van der Waals surface area contributed by atoms with Gasteiger partial charge >= 0.3 is 0 Å². The number of carbonyl (C=O) groups is 1. The number of thiophene rings is 1. The Morgan fingerprint density at radius 2 is 1.81 bits per heavy atom. The fourth-order valence-electron chi connectivity index (χ4n) is 2.53. The van der Waals surface area contributed by atoms with Crippen LogP contribution in [0.5, 0.6) is 0 Å². The van der Waals surface area contributed by atoms with Crippen LogP contribution in [0.4, 0.5) is 4.39 Å². The first-order valence-corrected chi connectivity index (χ1v) is 10.3. The third kappa shape index (κ3) is 4.00. The predicted octanol–water partition coefficient (Wildman–Crippen LogP) is 3.83. The lowest BCUT2D eigenvalue weighted by atomic mass is 10.2. The number of hydrogen-bond acceptors (Lipinski definition) is 4. The highest BCUT2D eigenvalue weighted by atomic mass is 32.2. The normalized spacial score (nSPS) is 12.5. The van der Waals surface area contributed by atoms with E-state index in [0.717, 1.165) is 6.07 Å². The number of sulfone groups is 1. The molecule has 1 atom stereocenters. The second-order valence-electron chi connectivity index (χ2n) is 5.58. The van der Waals surface area contributed by atoms with Crippen molar-refractivity contribution in [3.05, 3.63) is 88.4 Å². The van der Waals surface area contributed by atoms with Crippen LogP contribution in [-0.2, 0) is 9.84 Å². The number of carbonyl (C=O) groups excluding carboxylic acids is 1. The van der Waals surface area contributed by atoms with Gasteiger partial charge in [-0.05, 0) is 41.8 Å².